The average Bonchev–Trinajstić information content (AvgIpc) is 3.40. The van der Waals surface area contributed by atoms with Crippen LogP contribution in [-0.4, -0.2) is 37.1 Å². The number of carbonyl (C=O) groups is 1. The number of rotatable bonds is 4. The second-order valence-corrected chi connectivity index (χ2v) is 9.80. The van der Waals surface area contributed by atoms with E-state index in [1.807, 2.05) is 23.5 Å². The summed E-state index contributed by atoms with van der Waals surface area (Å²) < 4.78 is 12.0. The Morgan fingerprint density at radius 2 is 2.00 bits per heavy atom. The van der Waals surface area contributed by atoms with Crippen molar-refractivity contribution in [3.05, 3.63) is 60.9 Å². The van der Waals surface area contributed by atoms with Crippen molar-refractivity contribution in [2.75, 3.05) is 31.6 Å². The van der Waals surface area contributed by atoms with Gasteiger partial charge in [0.2, 0.25) is 5.91 Å². The molecule has 1 aromatic carbocycles. The number of nitrogens with zero attached hydrogens (tertiary/aromatic N) is 1. The van der Waals surface area contributed by atoms with Gasteiger partial charge in [0.15, 0.2) is 11.5 Å². The fourth-order valence-corrected chi connectivity index (χ4v) is 6.05. The van der Waals surface area contributed by atoms with E-state index in [9.17, 15) is 4.79 Å². The van der Waals surface area contributed by atoms with Gasteiger partial charge in [-0.2, -0.15) is 0 Å². The standard InChI is InChI=1S/C21H19BrN2O3S2/c22-14-10-16-17(27-7-6-26-16)11-15(14)23-20(25)12-24-5-3-18-13(4-9-29-18)21(24)19-2-1-8-28-19/h1-2,4,8-11,21H,3,5-7,12H2,(H,23,25). The molecule has 1 amide bonds. The van der Waals surface area contributed by atoms with Gasteiger partial charge in [-0.3, -0.25) is 9.69 Å². The van der Waals surface area contributed by atoms with E-state index in [0.717, 1.165) is 17.4 Å². The summed E-state index contributed by atoms with van der Waals surface area (Å²) in [6.45, 7) is 2.25. The van der Waals surface area contributed by atoms with Crippen LogP contribution >= 0.6 is 38.6 Å². The lowest BCUT2D eigenvalue weighted by atomic mass is 9.98. The summed E-state index contributed by atoms with van der Waals surface area (Å²) in [7, 11) is 0. The Bertz CT molecular complexity index is 1030. The minimum atomic E-state index is -0.0392. The number of carbonyl (C=O) groups excluding carboxylic acids is 1. The van der Waals surface area contributed by atoms with Crippen LogP contribution in [0.5, 0.6) is 11.5 Å². The lowest BCUT2D eigenvalue weighted by Crippen LogP contribution is -2.40. The number of ether oxygens (including phenoxy) is 2. The topological polar surface area (TPSA) is 50.8 Å². The third-order valence-corrected chi connectivity index (χ3v) is 7.71. The molecule has 3 aromatic rings. The summed E-state index contributed by atoms with van der Waals surface area (Å²) in [5, 5.41) is 7.29. The lowest BCUT2D eigenvalue weighted by molar-refractivity contribution is -0.117. The average molecular weight is 491 g/mol. The van der Waals surface area contributed by atoms with Gasteiger partial charge >= 0.3 is 0 Å². The minimum absolute atomic E-state index is 0.0392. The molecule has 8 heteroatoms. The lowest BCUT2D eigenvalue weighted by Gasteiger charge is -2.34. The summed E-state index contributed by atoms with van der Waals surface area (Å²) >= 11 is 7.08. The first-order valence-corrected chi connectivity index (χ1v) is 12.0. The fourth-order valence-electron chi connectivity index (χ4n) is 3.85. The van der Waals surface area contributed by atoms with Crippen molar-refractivity contribution in [2.24, 2.45) is 0 Å². The number of hydrogen-bond acceptors (Lipinski definition) is 6. The van der Waals surface area contributed by atoms with Crippen LogP contribution in [0.15, 0.2) is 45.6 Å². The molecule has 0 bridgehead atoms. The Labute approximate surface area is 185 Å². The van der Waals surface area contributed by atoms with Crippen molar-refractivity contribution in [1.82, 2.24) is 4.90 Å². The second kappa shape index (κ2) is 8.10. The first-order chi connectivity index (χ1) is 14.2. The van der Waals surface area contributed by atoms with E-state index in [-0.39, 0.29) is 11.9 Å². The Morgan fingerprint density at radius 3 is 2.79 bits per heavy atom. The molecule has 0 saturated heterocycles. The van der Waals surface area contributed by atoms with Gasteiger partial charge in [0.25, 0.3) is 0 Å². The highest BCUT2D eigenvalue weighted by Crippen LogP contribution is 2.40. The third-order valence-electron chi connectivity index (χ3n) is 5.13. The van der Waals surface area contributed by atoms with E-state index in [1.54, 1.807) is 11.3 Å². The van der Waals surface area contributed by atoms with E-state index in [4.69, 9.17) is 9.47 Å². The van der Waals surface area contributed by atoms with Crippen LogP contribution in [0.1, 0.15) is 21.4 Å². The molecule has 1 N–H and O–H groups in total. The molecular weight excluding hydrogens is 472 g/mol. The van der Waals surface area contributed by atoms with E-state index >= 15 is 0 Å². The molecular formula is C21H19BrN2O3S2. The molecule has 5 rings (SSSR count). The van der Waals surface area contributed by atoms with Crippen molar-refractivity contribution in [1.29, 1.82) is 0 Å². The highest BCUT2D eigenvalue weighted by atomic mass is 79.9. The quantitative estimate of drug-likeness (QED) is 0.563. The summed E-state index contributed by atoms with van der Waals surface area (Å²) in [4.78, 5) is 17.9. The normalized spacial score (nSPS) is 18.3. The van der Waals surface area contributed by atoms with Crippen molar-refractivity contribution in [2.45, 2.75) is 12.5 Å². The van der Waals surface area contributed by atoms with Crippen molar-refractivity contribution in [3.8, 4) is 11.5 Å². The first kappa shape index (κ1) is 19.1. The summed E-state index contributed by atoms with van der Waals surface area (Å²) in [5.74, 6) is 1.31. The molecule has 0 saturated carbocycles. The van der Waals surface area contributed by atoms with Crippen molar-refractivity contribution >= 4 is 50.2 Å². The number of nitrogens with one attached hydrogen (secondary N) is 1. The SMILES string of the molecule is O=C(CN1CCc2sccc2C1c1cccs1)Nc1cc2c(cc1Br)OCCO2. The Kier molecular flexibility index (Phi) is 5.34. The number of hydrogen-bond donors (Lipinski definition) is 1. The van der Waals surface area contributed by atoms with E-state index in [2.05, 4.69) is 55.1 Å². The number of halogens is 1. The molecule has 1 atom stereocenters. The van der Waals surface area contributed by atoms with Gasteiger partial charge in [0.1, 0.15) is 13.2 Å². The maximum Gasteiger partial charge on any atom is 0.238 e. The summed E-state index contributed by atoms with van der Waals surface area (Å²) in [5.41, 5.74) is 2.03. The fraction of sp³-hybridized carbons (Fsp3) is 0.286. The maximum absolute atomic E-state index is 12.9. The van der Waals surface area contributed by atoms with Gasteiger partial charge in [0.05, 0.1) is 18.3 Å². The van der Waals surface area contributed by atoms with Crippen LogP contribution in [0, 0.1) is 0 Å². The number of anilines is 1. The zero-order valence-electron chi connectivity index (χ0n) is 15.5. The Balaban J connectivity index is 1.35. The van der Waals surface area contributed by atoms with Gasteiger partial charge in [-0.25, -0.2) is 0 Å². The van der Waals surface area contributed by atoms with Gasteiger partial charge in [-0.05, 0) is 50.8 Å². The molecule has 1 unspecified atom stereocenters. The highest BCUT2D eigenvalue weighted by molar-refractivity contribution is 9.10. The molecule has 4 heterocycles. The van der Waals surface area contributed by atoms with E-state index in [0.29, 0.717) is 36.9 Å². The Hall–Kier alpha value is -1.87. The largest absolute Gasteiger partial charge is 0.486 e. The number of thiophene rings is 2. The zero-order valence-corrected chi connectivity index (χ0v) is 18.7. The molecule has 150 valence electrons. The molecule has 2 aliphatic heterocycles. The van der Waals surface area contributed by atoms with Crippen LogP contribution in [0.2, 0.25) is 0 Å². The molecule has 0 fully saturated rings. The summed E-state index contributed by atoms with van der Waals surface area (Å²) in [6.07, 6.45) is 0.982. The van der Waals surface area contributed by atoms with Crippen LogP contribution in [-0.2, 0) is 11.2 Å². The molecule has 0 radical (unpaired) electrons. The van der Waals surface area contributed by atoms with Gasteiger partial charge in [0, 0.05) is 32.9 Å². The van der Waals surface area contributed by atoms with Gasteiger partial charge in [-0.15, -0.1) is 22.7 Å². The molecule has 2 aliphatic rings. The van der Waals surface area contributed by atoms with Crippen molar-refractivity contribution < 1.29 is 14.3 Å². The molecule has 0 spiro atoms. The minimum Gasteiger partial charge on any atom is -0.486 e. The number of benzene rings is 1. The van der Waals surface area contributed by atoms with Gasteiger partial charge in [-0.1, -0.05) is 6.07 Å². The highest BCUT2D eigenvalue weighted by Gasteiger charge is 2.31. The van der Waals surface area contributed by atoms with Crippen LogP contribution < -0.4 is 14.8 Å². The predicted molar refractivity (Wildman–Crippen MR) is 120 cm³/mol. The number of amides is 1. The molecule has 5 nitrogen and oxygen atoms in total. The maximum atomic E-state index is 12.9. The van der Waals surface area contributed by atoms with E-state index < -0.39 is 0 Å². The van der Waals surface area contributed by atoms with E-state index in [1.165, 1.54) is 15.3 Å². The first-order valence-electron chi connectivity index (χ1n) is 9.42. The Morgan fingerprint density at radius 1 is 1.17 bits per heavy atom. The van der Waals surface area contributed by atoms with Crippen LogP contribution in [0.4, 0.5) is 5.69 Å². The third kappa shape index (κ3) is 3.82. The van der Waals surface area contributed by atoms with Crippen LogP contribution in [0.3, 0.4) is 0 Å². The zero-order chi connectivity index (χ0) is 19.8. The molecule has 2 aromatic heterocycles. The second-order valence-electron chi connectivity index (χ2n) is 6.96. The monoisotopic (exact) mass is 490 g/mol. The predicted octanol–water partition coefficient (Wildman–Crippen LogP) is 4.93. The molecule has 29 heavy (non-hydrogen) atoms. The molecule has 0 aliphatic carbocycles. The van der Waals surface area contributed by atoms with Gasteiger partial charge < -0.3 is 14.8 Å². The number of fused-ring (bicyclic) bond motifs is 2. The van der Waals surface area contributed by atoms with Crippen LogP contribution in [0.25, 0.3) is 0 Å². The van der Waals surface area contributed by atoms with Crippen molar-refractivity contribution in [3.63, 3.8) is 0 Å². The smallest absolute Gasteiger partial charge is 0.238 e. The summed E-state index contributed by atoms with van der Waals surface area (Å²) in [6, 6.07) is 10.2.